The van der Waals surface area contributed by atoms with Gasteiger partial charge in [-0.25, -0.2) is 0 Å². The first-order chi connectivity index (χ1) is 9.47. The number of carbonyl (C=O) groups is 1. The highest BCUT2D eigenvalue weighted by Gasteiger charge is 2.60. The van der Waals surface area contributed by atoms with Crippen LogP contribution in [0.15, 0.2) is 0 Å². The molecule has 0 unspecified atom stereocenters. The number of ether oxygens (including phenoxy) is 2. The molecular formula is C10H14Cl3NO7. The van der Waals surface area contributed by atoms with Crippen LogP contribution in [0.25, 0.3) is 0 Å². The summed E-state index contributed by atoms with van der Waals surface area (Å²) in [5.74, 6) is -4.59. The smallest absolute Gasteiger partial charge is 0.301 e. The number of halogens is 3. The molecule has 1 aliphatic heterocycles. The van der Waals surface area contributed by atoms with Crippen molar-refractivity contribution in [2.45, 2.75) is 40.9 Å². The number of Topliss-reactive ketones (excluding diaryl/α,β-unsaturated/α-hetero) is 1. The highest BCUT2D eigenvalue weighted by Crippen LogP contribution is 2.36. The van der Waals surface area contributed by atoms with Crippen LogP contribution in [0.1, 0.15) is 6.92 Å². The largest absolute Gasteiger partial charge is 0.435 e. The Bertz CT molecular complexity index is 427. The summed E-state index contributed by atoms with van der Waals surface area (Å²) in [6.45, 7) is 0.151. The number of rotatable bonds is 3. The Hall–Kier alpha value is -0.190. The number of hydrogen-bond donors (Lipinski definition) is 5. The second kappa shape index (κ2) is 6.51. The maximum Gasteiger partial charge on any atom is 0.301 e. The molecule has 1 saturated heterocycles. The Balaban J connectivity index is 3.19. The lowest BCUT2D eigenvalue weighted by Gasteiger charge is -2.46. The van der Waals surface area contributed by atoms with Gasteiger partial charge < -0.3 is 29.9 Å². The van der Waals surface area contributed by atoms with Gasteiger partial charge in [-0.1, -0.05) is 34.8 Å². The number of nitrogens with one attached hydrogen (secondary N) is 1. The molecule has 0 amide bonds. The van der Waals surface area contributed by atoms with Crippen LogP contribution >= 0.6 is 34.8 Å². The molecule has 0 aromatic heterocycles. The van der Waals surface area contributed by atoms with E-state index in [2.05, 4.69) is 0 Å². The zero-order valence-electron chi connectivity index (χ0n) is 10.7. The van der Waals surface area contributed by atoms with Crippen LogP contribution in [-0.4, -0.2) is 72.7 Å². The van der Waals surface area contributed by atoms with Gasteiger partial charge in [0.25, 0.3) is 3.79 Å². The van der Waals surface area contributed by atoms with E-state index in [1.165, 1.54) is 0 Å². The highest BCUT2D eigenvalue weighted by atomic mass is 35.6. The molecule has 1 heterocycles. The first-order valence-corrected chi connectivity index (χ1v) is 6.79. The predicted molar refractivity (Wildman–Crippen MR) is 72.5 cm³/mol. The van der Waals surface area contributed by atoms with Crippen molar-refractivity contribution in [3.05, 3.63) is 0 Å². The summed E-state index contributed by atoms with van der Waals surface area (Å²) in [4.78, 5) is 11.8. The van der Waals surface area contributed by atoms with Gasteiger partial charge in [-0.3, -0.25) is 10.2 Å². The zero-order chi connectivity index (χ0) is 16.6. The van der Waals surface area contributed by atoms with Crippen molar-refractivity contribution in [2.24, 2.45) is 0 Å². The van der Waals surface area contributed by atoms with E-state index in [9.17, 15) is 20.1 Å². The van der Waals surface area contributed by atoms with Crippen molar-refractivity contribution in [1.29, 1.82) is 5.41 Å². The molecule has 0 spiro atoms. The van der Waals surface area contributed by atoms with E-state index in [1.807, 2.05) is 0 Å². The summed E-state index contributed by atoms with van der Waals surface area (Å²) in [6, 6.07) is 0. The number of carbonyl (C=O) groups excluding carboxylic acids is 1. The summed E-state index contributed by atoms with van der Waals surface area (Å²) >= 11 is 16.3. The lowest BCUT2D eigenvalue weighted by Crippen LogP contribution is -2.69. The Morgan fingerprint density at radius 3 is 2.24 bits per heavy atom. The van der Waals surface area contributed by atoms with E-state index < -0.39 is 52.3 Å². The molecule has 0 radical (unpaired) electrons. The van der Waals surface area contributed by atoms with Gasteiger partial charge in [0.1, 0.15) is 18.3 Å². The van der Waals surface area contributed by atoms with Crippen LogP contribution in [0.2, 0.25) is 0 Å². The molecule has 1 rings (SSSR count). The second-order valence-electron chi connectivity index (χ2n) is 4.42. The first kappa shape index (κ1) is 18.9. The standard InChI is InChI=1S/C10H14Cl3NO7/c1-3(16)9(21-8(14)10(11,12)13)7(19)6(18)5(17)4(2-15)20-9/h4-7,14-15,17-19H,2H2,1H3/t4-,5+,6+,7-,9-/m1/s1. The summed E-state index contributed by atoms with van der Waals surface area (Å²) in [6.07, 6.45) is -7.08. The molecule has 5 atom stereocenters. The number of alkyl halides is 3. The van der Waals surface area contributed by atoms with Crippen molar-refractivity contribution < 1.29 is 34.7 Å². The van der Waals surface area contributed by atoms with E-state index in [4.69, 9.17) is 54.8 Å². The molecule has 122 valence electrons. The van der Waals surface area contributed by atoms with Gasteiger partial charge in [-0.2, -0.15) is 0 Å². The van der Waals surface area contributed by atoms with Crippen molar-refractivity contribution in [1.82, 2.24) is 0 Å². The average molecular weight is 367 g/mol. The monoisotopic (exact) mass is 365 g/mol. The minimum atomic E-state index is -2.59. The fourth-order valence-corrected chi connectivity index (χ4v) is 1.91. The van der Waals surface area contributed by atoms with Gasteiger partial charge in [0.2, 0.25) is 11.7 Å². The zero-order valence-corrected chi connectivity index (χ0v) is 12.9. The van der Waals surface area contributed by atoms with E-state index in [0.717, 1.165) is 6.92 Å². The van der Waals surface area contributed by atoms with Crippen molar-refractivity contribution >= 4 is 46.5 Å². The number of hydrogen-bond acceptors (Lipinski definition) is 8. The first-order valence-electron chi connectivity index (χ1n) is 5.66. The third kappa shape index (κ3) is 3.59. The van der Waals surface area contributed by atoms with Crippen molar-refractivity contribution in [3.8, 4) is 0 Å². The van der Waals surface area contributed by atoms with Gasteiger partial charge in [0.15, 0.2) is 6.10 Å². The van der Waals surface area contributed by atoms with E-state index in [0.29, 0.717) is 0 Å². The molecule has 0 aromatic carbocycles. The number of aliphatic hydroxyl groups is 4. The molecule has 0 aliphatic carbocycles. The number of ketones is 1. The van der Waals surface area contributed by atoms with Gasteiger partial charge in [-0.05, 0) is 0 Å². The van der Waals surface area contributed by atoms with Gasteiger partial charge in [0.05, 0.1) is 6.61 Å². The molecule has 1 fully saturated rings. The lowest BCUT2D eigenvalue weighted by atomic mass is 9.90. The summed E-state index contributed by atoms with van der Waals surface area (Å²) in [5.41, 5.74) is 0. The van der Waals surface area contributed by atoms with Crippen LogP contribution < -0.4 is 0 Å². The Morgan fingerprint density at radius 1 is 1.33 bits per heavy atom. The van der Waals surface area contributed by atoms with Gasteiger partial charge in [-0.15, -0.1) is 0 Å². The molecule has 5 N–H and O–H groups in total. The predicted octanol–water partition coefficient (Wildman–Crippen LogP) is -0.890. The van der Waals surface area contributed by atoms with Crippen LogP contribution in [0, 0.1) is 5.41 Å². The lowest BCUT2D eigenvalue weighted by molar-refractivity contribution is -0.324. The Kier molecular flexibility index (Phi) is 5.85. The van der Waals surface area contributed by atoms with Crippen LogP contribution in [-0.2, 0) is 14.3 Å². The van der Waals surface area contributed by atoms with Crippen molar-refractivity contribution in [2.75, 3.05) is 6.61 Å². The summed E-state index contributed by atoms with van der Waals surface area (Å²) in [7, 11) is 0. The Labute approximate surface area is 134 Å². The molecular weight excluding hydrogens is 352 g/mol. The average Bonchev–Trinajstić information content (AvgIpc) is 2.38. The maximum absolute atomic E-state index is 11.8. The number of aliphatic hydroxyl groups excluding tert-OH is 4. The second-order valence-corrected chi connectivity index (χ2v) is 6.70. The molecule has 1 aliphatic rings. The maximum atomic E-state index is 11.8. The summed E-state index contributed by atoms with van der Waals surface area (Å²) < 4.78 is 7.55. The van der Waals surface area contributed by atoms with E-state index in [-0.39, 0.29) is 0 Å². The topological polar surface area (TPSA) is 140 Å². The molecule has 21 heavy (non-hydrogen) atoms. The molecule has 0 aromatic rings. The quantitative estimate of drug-likeness (QED) is 0.248. The Morgan fingerprint density at radius 2 is 1.86 bits per heavy atom. The fourth-order valence-electron chi connectivity index (χ4n) is 1.80. The minimum Gasteiger partial charge on any atom is -0.435 e. The van der Waals surface area contributed by atoms with E-state index in [1.54, 1.807) is 0 Å². The van der Waals surface area contributed by atoms with E-state index >= 15 is 0 Å². The molecule has 0 saturated carbocycles. The SMILES string of the molecule is CC(=O)[C@]1(OC(=N)C(Cl)(Cl)Cl)O[C@H](CO)[C@H](O)[C@H](O)[C@H]1O. The van der Waals surface area contributed by atoms with Gasteiger partial charge >= 0.3 is 5.79 Å². The fraction of sp³-hybridized carbons (Fsp3) is 0.800. The van der Waals surface area contributed by atoms with Crippen LogP contribution in [0.3, 0.4) is 0 Å². The van der Waals surface area contributed by atoms with Gasteiger partial charge in [0, 0.05) is 6.92 Å². The van der Waals surface area contributed by atoms with Crippen molar-refractivity contribution in [3.63, 3.8) is 0 Å². The van der Waals surface area contributed by atoms with Crippen LogP contribution in [0.4, 0.5) is 0 Å². The highest BCUT2D eigenvalue weighted by molar-refractivity contribution is 6.76. The minimum absolute atomic E-state index is 0.787. The summed E-state index contributed by atoms with van der Waals surface area (Å²) in [5, 5.41) is 45.9. The third-order valence-corrected chi connectivity index (χ3v) is 3.47. The molecule has 11 heteroatoms. The molecule has 0 bridgehead atoms. The normalized spacial score (nSPS) is 37.1. The third-order valence-electron chi connectivity index (χ3n) is 2.95. The van der Waals surface area contributed by atoms with Crippen LogP contribution in [0.5, 0.6) is 0 Å². The molecule has 8 nitrogen and oxygen atoms in total.